The first-order chi connectivity index (χ1) is 10.1. The molecule has 2 heterocycles. The summed E-state index contributed by atoms with van der Waals surface area (Å²) in [5, 5.41) is 12.1. The largest absolute Gasteiger partial charge is 0.481 e. The average Bonchev–Trinajstić information content (AvgIpc) is 2.88. The van der Waals surface area contributed by atoms with Crippen molar-refractivity contribution in [3.8, 4) is 0 Å². The van der Waals surface area contributed by atoms with Crippen molar-refractivity contribution < 1.29 is 19.5 Å². The van der Waals surface area contributed by atoms with Crippen LogP contribution in [0.25, 0.3) is 0 Å². The third-order valence-electron chi connectivity index (χ3n) is 4.95. The van der Waals surface area contributed by atoms with E-state index in [-0.39, 0.29) is 23.8 Å². The average molecular weight is 292 g/mol. The van der Waals surface area contributed by atoms with Crippen LogP contribution in [0.4, 0.5) is 0 Å². The number of hydrogen-bond acceptors (Lipinski definition) is 3. The lowest BCUT2D eigenvalue weighted by Crippen LogP contribution is -2.52. The van der Waals surface area contributed by atoms with E-state index >= 15 is 0 Å². The lowest BCUT2D eigenvalue weighted by atomic mass is 9.80. The first-order valence-electron chi connectivity index (χ1n) is 7.55. The molecule has 3 rings (SSSR count). The summed E-state index contributed by atoms with van der Waals surface area (Å²) in [6.45, 7) is 1.12. The lowest BCUT2D eigenvalue weighted by molar-refractivity contribution is -0.152. The van der Waals surface area contributed by atoms with E-state index < -0.39 is 17.8 Å². The van der Waals surface area contributed by atoms with E-state index in [1.165, 1.54) is 0 Å². The summed E-state index contributed by atoms with van der Waals surface area (Å²) in [5.41, 5.74) is 0. The Kier molecular flexibility index (Phi) is 3.69. The Hall–Kier alpha value is -1.85. The highest BCUT2D eigenvalue weighted by molar-refractivity contribution is 5.88. The van der Waals surface area contributed by atoms with Crippen LogP contribution in [0.1, 0.15) is 25.7 Å². The van der Waals surface area contributed by atoms with Gasteiger partial charge in [-0.2, -0.15) is 0 Å². The zero-order valence-corrected chi connectivity index (χ0v) is 11.8. The number of carboxylic acids is 1. The molecule has 4 unspecified atom stereocenters. The molecule has 0 aromatic heterocycles. The summed E-state index contributed by atoms with van der Waals surface area (Å²) < 4.78 is 0. The second-order valence-electron chi connectivity index (χ2n) is 6.09. The Morgan fingerprint density at radius 1 is 1.24 bits per heavy atom. The lowest BCUT2D eigenvalue weighted by Gasteiger charge is -2.39. The molecule has 3 aliphatic rings. The van der Waals surface area contributed by atoms with E-state index in [4.69, 9.17) is 0 Å². The molecule has 2 N–H and O–H groups in total. The molecule has 2 fully saturated rings. The first-order valence-corrected chi connectivity index (χ1v) is 7.55. The van der Waals surface area contributed by atoms with Crippen LogP contribution in [0.15, 0.2) is 12.2 Å². The van der Waals surface area contributed by atoms with Gasteiger partial charge < -0.3 is 15.3 Å². The number of aliphatic carboxylic acids is 1. The molecular formula is C15H20N2O4. The number of hydrogen-bond donors (Lipinski definition) is 2. The van der Waals surface area contributed by atoms with Gasteiger partial charge in [0, 0.05) is 13.1 Å². The van der Waals surface area contributed by atoms with Gasteiger partial charge in [0.25, 0.3) is 0 Å². The third-order valence-corrected chi connectivity index (χ3v) is 4.95. The number of carbonyl (C=O) groups is 3. The van der Waals surface area contributed by atoms with Crippen LogP contribution in [0.3, 0.4) is 0 Å². The molecule has 2 saturated heterocycles. The van der Waals surface area contributed by atoms with Crippen LogP contribution in [-0.4, -0.2) is 46.9 Å². The summed E-state index contributed by atoms with van der Waals surface area (Å²) in [5.74, 6) is -2.25. The maximum absolute atomic E-state index is 12.8. The second kappa shape index (κ2) is 5.50. The van der Waals surface area contributed by atoms with Crippen LogP contribution in [-0.2, 0) is 14.4 Å². The molecule has 6 nitrogen and oxygen atoms in total. The van der Waals surface area contributed by atoms with E-state index in [2.05, 4.69) is 5.32 Å². The summed E-state index contributed by atoms with van der Waals surface area (Å²) in [7, 11) is 0. The first kappa shape index (κ1) is 14.1. The van der Waals surface area contributed by atoms with Crippen LogP contribution in [0.2, 0.25) is 0 Å². The van der Waals surface area contributed by atoms with Gasteiger partial charge in [-0.15, -0.1) is 0 Å². The number of carboxylic acid groups (broad SMARTS) is 1. The Morgan fingerprint density at radius 3 is 2.67 bits per heavy atom. The van der Waals surface area contributed by atoms with Crippen LogP contribution in [0, 0.1) is 17.8 Å². The predicted octanol–water partition coefficient (Wildman–Crippen LogP) is 0.390. The summed E-state index contributed by atoms with van der Waals surface area (Å²) >= 11 is 0. The molecule has 1 aliphatic carbocycles. The van der Waals surface area contributed by atoms with Gasteiger partial charge in [-0.1, -0.05) is 12.2 Å². The fraction of sp³-hybridized carbons (Fsp3) is 0.667. The van der Waals surface area contributed by atoms with Crippen molar-refractivity contribution in [1.82, 2.24) is 10.2 Å². The number of nitrogens with zero attached hydrogens (tertiary/aromatic N) is 1. The Labute approximate surface area is 123 Å². The maximum Gasteiger partial charge on any atom is 0.307 e. The highest BCUT2D eigenvalue weighted by atomic mass is 16.4. The number of amides is 2. The molecule has 6 heteroatoms. The number of piperidine rings is 1. The summed E-state index contributed by atoms with van der Waals surface area (Å²) in [4.78, 5) is 37.7. The number of carbonyl (C=O) groups excluding carboxylic acids is 2. The fourth-order valence-electron chi connectivity index (χ4n) is 3.80. The van der Waals surface area contributed by atoms with Gasteiger partial charge in [0.1, 0.15) is 0 Å². The van der Waals surface area contributed by atoms with E-state index in [1.807, 2.05) is 12.2 Å². The van der Waals surface area contributed by atoms with Gasteiger partial charge >= 0.3 is 5.97 Å². The van der Waals surface area contributed by atoms with Gasteiger partial charge in [-0.05, 0) is 25.7 Å². The van der Waals surface area contributed by atoms with Crippen molar-refractivity contribution in [3.63, 3.8) is 0 Å². The molecule has 0 spiro atoms. The third kappa shape index (κ3) is 2.43. The molecular weight excluding hydrogens is 272 g/mol. The Bertz CT molecular complexity index is 502. The van der Waals surface area contributed by atoms with Crippen molar-refractivity contribution in [1.29, 1.82) is 0 Å². The molecule has 0 aromatic rings. The number of fused-ring (bicyclic) bond motifs is 1. The quantitative estimate of drug-likeness (QED) is 0.721. The molecule has 0 radical (unpaired) electrons. The molecule has 2 amide bonds. The molecule has 4 atom stereocenters. The Balaban J connectivity index is 1.79. The van der Waals surface area contributed by atoms with Gasteiger partial charge in [-0.3, -0.25) is 14.4 Å². The number of likely N-dealkylation sites (tertiary alicyclic amines) is 1. The smallest absolute Gasteiger partial charge is 0.307 e. The van der Waals surface area contributed by atoms with Crippen molar-refractivity contribution in [2.75, 3.05) is 13.1 Å². The number of nitrogens with one attached hydrogen (secondary N) is 1. The van der Waals surface area contributed by atoms with Gasteiger partial charge in [0.05, 0.1) is 23.8 Å². The zero-order valence-electron chi connectivity index (χ0n) is 11.8. The zero-order chi connectivity index (χ0) is 15.0. The SMILES string of the molecule is O=C(O)C1CC=CCC1C(=O)N1CCCC2C(=O)NCC21. The number of allylic oxidation sites excluding steroid dienone is 2. The fourth-order valence-corrected chi connectivity index (χ4v) is 3.80. The van der Waals surface area contributed by atoms with Crippen LogP contribution >= 0.6 is 0 Å². The molecule has 0 saturated carbocycles. The van der Waals surface area contributed by atoms with Crippen molar-refractivity contribution in [3.05, 3.63) is 12.2 Å². The maximum atomic E-state index is 12.8. The molecule has 2 aliphatic heterocycles. The van der Waals surface area contributed by atoms with E-state index in [9.17, 15) is 19.5 Å². The van der Waals surface area contributed by atoms with Crippen molar-refractivity contribution in [2.45, 2.75) is 31.7 Å². The van der Waals surface area contributed by atoms with E-state index in [0.29, 0.717) is 25.9 Å². The minimum atomic E-state index is -0.910. The van der Waals surface area contributed by atoms with Gasteiger partial charge in [0.2, 0.25) is 11.8 Å². The monoisotopic (exact) mass is 292 g/mol. The predicted molar refractivity (Wildman–Crippen MR) is 74.2 cm³/mol. The minimum absolute atomic E-state index is 0.0239. The highest BCUT2D eigenvalue weighted by Crippen LogP contribution is 2.33. The van der Waals surface area contributed by atoms with Crippen LogP contribution < -0.4 is 5.32 Å². The second-order valence-corrected chi connectivity index (χ2v) is 6.09. The summed E-state index contributed by atoms with van der Waals surface area (Å²) in [6, 6.07) is -0.0981. The van der Waals surface area contributed by atoms with Crippen molar-refractivity contribution in [2.24, 2.45) is 17.8 Å². The van der Waals surface area contributed by atoms with Gasteiger partial charge in [-0.25, -0.2) is 0 Å². The van der Waals surface area contributed by atoms with E-state index in [0.717, 1.165) is 12.8 Å². The number of rotatable bonds is 2. The highest BCUT2D eigenvalue weighted by Gasteiger charge is 2.45. The van der Waals surface area contributed by atoms with Crippen LogP contribution in [0.5, 0.6) is 0 Å². The van der Waals surface area contributed by atoms with Gasteiger partial charge in [0.15, 0.2) is 0 Å². The van der Waals surface area contributed by atoms with E-state index in [1.54, 1.807) is 4.90 Å². The Morgan fingerprint density at radius 2 is 1.95 bits per heavy atom. The minimum Gasteiger partial charge on any atom is -0.481 e. The standard InChI is InChI=1S/C15H20N2O4/c18-13-11-6-3-7-17(12(11)8-16-13)14(19)9-4-1-2-5-10(9)15(20)21/h1-2,9-12H,3-8H2,(H,16,18)(H,20,21). The molecule has 21 heavy (non-hydrogen) atoms. The van der Waals surface area contributed by atoms with Crippen molar-refractivity contribution >= 4 is 17.8 Å². The molecule has 0 bridgehead atoms. The molecule has 0 aromatic carbocycles. The molecule has 114 valence electrons. The summed E-state index contributed by atoms with van der Waals surface area (Å²) in [6.07, 6.45) is 6.23. The topological polar surface area (TPSA) is 86.7 Å². The normalized spacial score (nSPS) is 35.2.